The fraction of sp³-hybridized carbons (Fsp3) is 0.250. The van der Waals surface area contributed by atoms with Crippen LogP contribution in [0, 0.1) is 11.3 Å². The van der Waals surface area contributed by atoms with Crippen LogP contribution in [-0.2, 0) is 0 Å². The fourth-order valence-electron chi connectivity index (χ4n) is 1.23. The second-order valence-electron chi connectivity index (χ2n) is 3.16. The van der Waals surface area contributed by atoms with Crippen LogP contribution < -0.4 is 5.32 Å². The van der Waals surface area contributed by atoms with E-state index < -0.39 is 0 Å². The number of nitriles is 1. The Morgan fingerprint density at radius 1 is 1.53 bits per heavy atom. The van der Waals surface area contributed by atoms with E-state index >= 15 is 0 Å². The maximum atomic E-state index is 8.86. The monoisotopic (exact) mass is 220 g/mol. The number of halogens is 1. The van der Waals surface area contributed by atoms with Crippen molar-refractivity contribution >= 4 is 17.3 Å². The molecule has 0 aliphatic rings. The normalized spacial score (nSPS) is 9.33. The van der Waals surface area contributed by atoms with Crippen LogP contribution in [-0.4, -0.2) is 6.54 Å². The molecule has 1 rings (SSSR count). The maximum absolute atomic E-state index is 8.86. The molecule has 0 fully saturated rings. The number of unbranched alkanes of at least 4 members (excludes halogenated alkanes) is 1. The van der Waals surface area contributed by atoms with Crippen molar-refractivity contribution in [2.75, 3.05) is 11.9 Å². The molecule has 0 unspecified atom stereocenters. The van der Waals surface area contributed by atoms with Crippen LogP contribution in [0.5, 0.6) is 0 Å². The van der Waals surface area contributed by atoms with Crippen molar-refractivity contribution in [1.29, 1.82) is 5.26 Å². The van der Waals surface area contributed by atoms with E-state index in [4.69, 9.17) is 16.9 Å². The molecule has 0 aliphatic heterocycles. The fourth-order valence-corrected chi connectivity index (χ4v) is 1.40. The summed E-state index contributed by atoms with van der Waals surface area (Å²) in [5, 5.41) is 12.7. The third kappa shape index (κ3) is 3.65. The second kappa shape index (κ2) is 6.10. The molecule has 0 atom stereocenters. The number of benzene rings is 1. The van der Waals surface area contributed by atoms with Crippen molar-refractivity contribution in [2.45, 2.75) is 12.8 Å². The number of allylic oxidation sites excluding steroid dienone is 1. The largest absolute Gasteiger partial charge is 0.384 e. The lowest BCUT2D eigenvalue weighted by molar-refractivity contribution is 0.890. The molecule has 1 N–H and O–H groups in total. The van der Waals surface area contributed by atoms with Crippen molar-refractivity contribution in [3.8, 4) is 6.07 Å². The van der Waals surface area contributed by atoms with Crippen LogP contribution in [0.3, 0.4) is 0 Å². The van der Waals surface area contributed by atoms with Gasteiger partial charge in [-0.2, -0.15) is 5.26 Å². The molecule has 15 heavy (non-hydrogen) atoms. The van der Waals surface area contributed by atoms with Crippen LogP contribution >= 0.6 is 11.6 Å². The van der Waals surface area contributed by atoms with E-state index in [1.807, 2.05) is 6.08 Å². The van der Waals surface area contributed by atoms with Gasteiger partial charge in [0, 0.05) is 11.6 Å². The van der Waals surface area contributed by atoms with Crippen molar-refractivity contribution < 1.29 is 0 Å². The average molecular weight is 221 g/mol. The SMILES string of the molecule is C=CCCCNc1cc(Cl)ccc1C#N. The molecule has 0 bridgehead atoms. The third-order valence-electron chi connectivity index (χ3n) is 2.00. The Morgan fingerprint density at radius 3 is 3.00 bits per heavy atom. The third-order valence-corrected chi connectivity index (χ3v) is 2.24. The van der Waals surface area contributed by atoms with Gasteiger partial charge in [-0.15, -0.1) is 6.58 Å². The Labute approximate surface area is 95.2 Å². The van der Waals surface area contributed by atoms with E-state index in [-0.39, 0.29) is 0 Å². The van der Waals surface area contributed by atoms with Gasteiger partial charge in [-0.3, -0.25) is 0 Å². The van der Waals surface area contributed by atoms with Crippen molar-refractivity contribution in [3.05, 3.63) is 41.4 Å². The van der Waals surface area contributed by atoms with E-state index in [2.05, 4.69) is 18.0 Å². The molecule has 0 saturated heterocycles. The van der Waals surface area contributed by atoms with Crippen molar-refractivity contribution in [1.82, 2.24) is 0 Å². The Kier molecular flexibility index (Phi) is 4.73. The van der Waals surface area contributed by atoms with Crippen LogP contribution in [0.4, 0.5) is 5.69 Å². The minimum atomic E-state index is 0.623. The molecule has 2 nitrogen and oxygen atoms in total. The van der Waals surface area contributed by atoms with Gasteiger partial charge in [0.2, 0.25) is 0 Å². The summed E-state index contributed by atoms with van der Waals surface area (Å²) in [6.07, 6.45) is 3.85. The molecule has 0 saturated carbocycles. The molecular weight excluding hydrogens is 208 g/mol. The molecule has 3 heteroatoms. The average Bonchev–Trinajstić information content (AvgIpc) is 2.25. The summed E-state index contributed by atoms with van der Waals surface area (Å²) in [5.41, 5.74) is 1.42. The van der Waals surface area contributed by atoms with Crippen LogP contribution in [0.1, 0.15) is 18.4 Å². The smallest absolute Gasteiger partial charge is 0.101 e. The van der Waals surface area contributed by atoms with Gasteiger partial charge in [-0.1, -0.05) is 17.7 Å². The van der Waals surface area contributed by atoms with E-state index in [1.165, 1.54) is 0 Å². The van der Waals surface area contributed by atoms with E-state index in [9.17, 15) is 0 Å². The van der Waals surface area contributed by atoms with Crippen LogP contribution in [0.15, 0.2) is 30.9 Å². The lowest BCUT2D eigenvalue weighted by Crippen LogP contribution is -2.02. The summed E-state index contributed by atoms with van der Waals surface area (Å²) in [6, 6.07) is 7.33. The first-order chi connectivity index (χ1) is 7.27. The molecule has 0 aliphatic carbocycles. The standard InChI is InChI=1S/C12H13ClN2/c1-2-3-4-7-15-12-8-11(13)6-5-10(12)9-14/h2,5-6,8,15H,1,3-4,7H2. The summed E-state index contributed by atoms with van der Waals surface area (Å²) < 4.78 is 0. The van der Waals surface area contributed by atoms with Gasteiger partial charge in [-0.05, 0) is 31.0 Å². The van der Waals surface area contributed by atoms with Crippen LogP contribution in [0.2, 0.25) is 5.02 Å². The number of hydrogen-bond donors (Lipinski definition) is 1. The maximum Gasteiger partial charge on any atom is 0.101 e. The first kappa shape index (κ1) is 11.6. The molecule has 0 amide bonds. The molecule has 0 spiro atoms. The van der Waals surface area contributed by atoms with E-state index in [0.717, 1.165) is 25.1 Å². The molecule has 0 aromatic heterocycles. The number of nitrogens with one attached hydrogen (secondary N) is 1. The summed E-state index contributed by atoms with van der Waals surface area (Å²) >= 11 is 5.85. The Balaban J connectivity index is 2.63. The number of hydrogen-bond acceptors (Lipinski definition) is 2. The van der Waals surface area contributed by atoms with Gasteiger partial charge in [0.05, 0.1) is 11.3 Å². The van der Waals surface area contributed by atoms with Gasteiger partial charge in [0.15, 0.2) is 0 Å². The van der Waals surface area contributed by atoms with Crippen molar-refractivity contribution in [2.24, 2.45) is 0 Å². The Bertz CT molecular complexity index is 380. The Hall–Kier alpha value is -1.46. The Morgan fingerprint density at radius 2 is 2.33 bits per heavy atom. The molecule has 78 valence electrons. The lowest BCUT2D eigenvalue weighted by Gasteiger charge is -2.07. The predicted molar refractivity (Wildman–Crippen MR) is 64.1 cm³/mol. The summed E-state index contributed by atoms with van der Waals surface area (Å²) in [4.78, 5) is 0. The van der Waals surface area contributed by atoms with E-state index in [1.54, 1.807) is 18.2 Å². The minimum absolute atomic E-state index is 0.623. The predicted octanol–water partition coefficient (Wildman–Crippen LogP) is 3.59. The van der Waals surface area contributed by atoms with Crippen molar-refractivity contribution in [3.63, 3.8) is 0 Å². The molecule has 0 radical (unpaired) electrons. The number of rotatable bonds is 5. The number of nitrogens with zero attached hydrogens (tertiary/aromatic N) is 1. The summed E-state index contributed by atoms with van der Waals surface area (Å²) in [7, 11) is 0. The zero-order valence-corrected chi connectivity index (χ0v) is 9.22. The summed E-state index contributed by atoms with van der Waals surface area (Å²) in [6.45, 7) is 4.47. The van der Waals surface area contributed by atoms with Gasteiger partial charge in [0.25, 0.3) is 0 Å². The molecular formula is C12H13ClN2. The van der Waals surface area contributed by atoms with Gasteiger partial charge < -0.3 is 5.32 Å². The highest BCUT2D eigenvalue weighted by Gasteiger charge is 2.01. The molecule has 0 heterocycles. The van der Waals surface area contributed by atoms with Gasteiger partial charge in [-0.25, -0.2) is 0 Å². The lowest BCUT2D eigenvalue weighted by atomic mass is 10.2. The highest BCUT2D eigenvalue weighted by molar-refractivity contribution is 6.30. The topological polar surface area (TPSA) is 35.8 Å². The van der Waals surface area contributed by atoms with Crippen LogP contribution in [0.25, 0.3) is 0 Å². The quantitative estimate of drug-likeness (QED) is 0.608. The highest BCUT2D eigenvalue weighted by Crippen LogP contribution is 2.20. The second-order valence-corrected chi connectivity index (χ2v) is 3.60. The number of anilines is 1. The highest BCUT2D eigenvalue weighted by atomic mass is 35.5. The minimum Gasteiger partial charge on any atom is -0.384 e. The molecule has 1 aromatic carbocycles. The zero-order chi connectivity index (χ0) is 11.1. The first-order valence-electron chi connectivity index (χ1n) is 4.82. The van der Waals surface area contributed by atoms with E-state index in [0.29, 0.717) is 10.6 Å². The van der Waals surface area contributed by atoms with Gasteiger partial charge in [0.1, 0.15) is 6.07 Å². The van der Waals surface area contributed by atoms with Gasteiger partial charge >= 0.3 is 0 Å². The zero-order valence-electron chi connectivity index (χ0n) is 8.46. The summed E-state index contributed by atoms with van der Waals surface area (Å²) in [5.74, 6) is 0. The molecule has 1 aromatic rings. The first-order valence-corrected chi connectivity index (χ1v) is 5.20.